The van der Waals surface area contributed by atoms with Gasteiger partial charge in [0.25, 0.3) is 0 Å². The second-order valence-corrected chi connectivity index (χ2v) is 5.97. The van der Waals surface area contributed by atoms with Gasteiger partial charge in [-0.05, 0) is 42.9 Å². The fourth-order valence-electron chi connectivity index (χ4n) is 2.42. The maximum Gasteiger partial charge on any atom is 0.0652 e. The number of hydrogen-bond acceptors (Lipinski definition) is 1. The zero-order valence-corrected chi connectivity index (χ0v) is 11.7. The fraction of sp³-hybridized carbons (Fsp3) is 0.571. The van der Waals surface area contributed by atoms with E-state index in [1.807, 2.05) is 12.1 Å². The Hall–Kier alpha value is -0.400. The third-order valence-electron chi connectivity index (χ3n) is 3.65. The summed E-state index contributed by atoms with van der Waals surface area (Å²) in [6.07, 6.45) is 5.39. The molecule has 1 saturated carbocycles. The van der Waals surface area contributed by atoms with E-state index in [1.54, 1.807) is 6.07 Å². The summed E-state index contributed by atoms with van der Waals surface area (Å²) in [5, 5.41) is 4.83. The molecule has 0 radical (unpaired) electrons. The SMILES string of the molecule is CC1CCC(CNc2ccc(Cl)cc2Cl)CC1. The number of benzene rings is 1. The van der Waals surface area contributed by atoms with Crippen LogP contribution in [0.3, 0.4) is 0 Å². The number of nitrogens with one attached hydrogen (secondary N) is 1. The summed E-state index contributed by atoms with van der Waals surface area (Å²) in [6.45, 7) is 3.37. The zero-order valence-electron chi connectivity index (χ0n) is 10.2. The lowest BCUT2D eigenvalue weighted by Crippen LogP contribution is -2.20. The van der Waals surface area contributed by atoms with Gasteiger partial charge in [-0.3, -0.25) is 0 Å². The van der Waals surface area contributed by atoms with Gasteiger partial charge in [0.15, 0.2) is 0 Å². The molecule has 0 aromatic heterocycles. The van der Waals surface area contributed by atoms with Gasteiger partial charge in [0.05, 0.1) is 10.7 Å². The minimum absolute atomic E-state index is 0.687. The maximum atomic E-state index is 6.12. The summed E-state index contributed by atoms with van der Waals surface area (Å²) in [5.41, 5.74) is 0.995. The lowest BCUT2D eigenvalue weighted by atomic mass is 9.83. The van der Waals surface area contributed by atoms with Crippen molar-refractivity contribution in [3.63, 3.8) is 0 Å². The Bertz CT molecular complexity index is 370. The third-order valence-corrected chi connectivity index (χ3v) is 4.20. The Morgan fingerprint density at radius 1 is 1.18 bits per heavy atom. The van der Waals surface area contributed by atoms with Crippen molar-refractivity contribution in [2.24, 2.45) is 11.8 Å². The van der Waals surface area contributed by atoms with E-state index in [0.717, 1.165) is 24.1 Å². The molecule has 2 rings (SSSR count). The zero-order chi connectivity index (χ0) is 12.3. The predicted molar refractivity (Wildman–Crippen MR) is 76.1 cm³/mol. The Kier molecular flexibility index (Phi) is 4.58. The number of anilines is 1. The number of rotatable bonds is 3. The van der Waals surface area contributed by atoms with Gasteiger partial charge < -0.3 is 5.32 Å². The average molecular weight is 272 g/mol. The van der Waals surface area contributed by atoms with Crippen molar-refractivity contribution in [2.45, 2.75) is 32.6 Å². The average Bonchev–Trinajstić information content (AvgIpc) is 2.30. The van der Waals surface area contributed by atoms with E-state index >= 15 is 0 Å². The molecule has 17 heavy (non-hydrogen) atoms. The summed E-state index contributed by atoms with van der Waals surface area (Å²) in [5.74, 6) is 1.70. The number of halogens is 2. The Morgan fingerprint density at radius 3 is 2.53 bits per heavy atom. The lowest BCUT2D eigenvalue weighted by Gasteiger charge is -2.26. The highest BCUT2D eigenvalue weighted by Crippen LogP contribution is 2.30. The van der Waals surface area contributed by atoms with Crippen LogP contribution in [0.25, 0.3) is 0 Å². The second kappa shape index (κ2) is 5.97. The van der Waals surface area contributed by atoms with Crippen LogP contribution in [0.15, 0.2) is 18.2 Å². The van der Waals surface area contributed by atoms with Crippen molar-refractivity contribution in [1.29, 1.82) is 0 Å². The molecule has 94 valence electrons. The van der Waals surface area contributed by atoms with Crippen molar-refractivity contribution in [3.8, 4) is 0 Å². The summed E-state index contributed by atoms with van der Waals surface area (Å²) in [4.78, 5) is 0. The van der Waals surface area contributed by atoms with Crippen LogP contribution in [-0.2, 0) is 0 Å². The van der Waals surface area contributed by atoms with Gasteiger partial charge in [-0.1, -0.05) is 43.0 Å². The standard InChI is InChI=1S/C14H19Cl2N/c1-10-2-4-11(5-3-10)9-17-14-7-6-12(15)8-13(14)16/h6-8,10-11,17H,2-5,9H2,1H3. The molecule has 0 atom stereocenters. The van der Waals surface area contributed by atoms with Gasteiger partial charge in [0.1, 0.15) is 0 Å². The van der Waals surface area contributed by atoms with Crippen LogP contribution >= 0.6 is 23.2 Å². The smallest absolute Gasteiger partial charge is 0.0652 e. The van der Waals surface area contributed by atoms with E-state index in [4.69, 9.17) is 23.2 Å². The molecule has 0 amide bonds. The quantitative estimate of drug-likeness (QED) is 0.794. The molecule has 0 saturated heterocycles. The summed E-state index contributed by atoms with van der Waals surface area (Å²) in [7, 11) is 0. The molecule has 0 unspecified atom stereocenters. The molecule has 1 N–H and O–H groups in total. The Labute approximate surface area is 114 Å². The maximum absolute atomic E-state index is 6.12. The largest absolute Gasteiger partial charge is 0.384 e. The predicted octanol–water partition coefficient (Wildman–Crippen LogP) is 5.23. The van der Waals surface area contributed by atoms with Gasteiger partial charge in [0.2, 0.25) is 0 Å². The molecular weight excluding hydrogens is 253 g/mol. The first-order chi connectivity index (χ1) is 8.15. The van der Waals surface area contributed by atoms with Crippen molar-refractivity contribution < 1.29 is 0 Å². The minimum Gasteiger partial charge on any atom is -0.384 e. The van der Waals surface area contributed by atoms with Crippen LogP contribution in [0.1, 0.15) is 32.6 Å². The van der Waals surface area contributed by atoms with Crippen LogP contribution < -0.4 is 5.32 Å². The number of hydrogen-bond donors (Lipinski definition) is 1. The van der Waals surface area contributed by atoms with Crippen LogP contribution in [0, 0.1) is 11.8 Å². The second-order valence-electron chi connectivity index (χ2n) is 5.13. The molecule has 0 heterocycles. The minimum atomic E-state index is 0.687. The molecule has 0 bridgehead atoms. The highest BCUT2D eigenvalue weighted by atomic mass is 35.5. The molecule has 0 aliphatic heterocycles. The van der Waals surface area contributed by atoms with Crippen LogP contribution in [0.2, 0.25) is 10.0 Å². The van der Waals surface area contributed by atoms with Crippen LogP contribution in [0.5, 0.6) is 0 Å². The van der Waals surface area contributed by atoms with Crippen molar-refractivity contribution in [2.75, 3.05) is 11.9 Å². The highest BCUT2D eigenvalue weighted by molar-refractivity contribution is 6.36. The van der Waals surface area contributed by atoms with E-state index in [0.29, 0.717) is 10.0 Å². The molecule has 1 aromatic carbocycles. The molecule has 1 fully saturated rings. The van der Waals surface area contributed by atoms with Gasteiger partial charge >= 0.3 is 0 Å². The van der Waals surface area contributed by atoms with Gasteiger partial charge in [-0.15, -0.1) is 0 Å². The van der Waals surface area contributed by atoms with Crippen LogP contribution in [-0.4, -0.2) is 6.54 Å². The molecule has 0 spiro atoms. The third kappa shape index (κ3) is 3.79. The topological polar surface area (TPSA) is 12.0 Å². The van der Waals surface area contributed by atoms with Crippen molar-refractivity contribution in [1.82, 2.24) is 0 Å². The normalized spacial score (nSPS) is 24.6. The van der Waals surface area contributed by atoms with Crippen molar-refractivity contribution >= 4 is 28.9 Å². The molecule has 1 aromatic rings. The Balaban J connectivity index is 1.85. The van der Waals surface area contributed by atoms with Crippen molar-refractivity contribution in [3.05, 3.63) is 28.2 Å². The molecule has 1 aliphatic carbocycles. The monoisotopic (exact) mass is 271 g/mol. The van der Waals surface area contributed by atoms with Crippen LogP contribution in [0.4, 0.5) is 5.69 Å². The molecule has 1 nitrogen and oxygen atoms in total. The highest BCUT2D eigenvalue weighted by Gasteiger charge is 2.17. The summed E-state index contributed by atoms with van der Waals surface area (Å²) < 4.78 is 0. The van der Waals surface area contributed by atoms with E-state index in [1.165, 1.54) is 25.7 Å². The molecule has 3 heteroatoms. The first kappa shape index (κ1) is 13.0. The molecular formula is C14H19Cl2N. The van der Waals surface area contributed by atoms with E-state index in [-0.39, 0.29) is 0 Å². The van der Waals surface area contributed by atoms with Gasteiger partial charge in [-0.2, -0.15) is 0 Å². The van der Waals surface area contributed by atoms with Gasteiger partial charge in [0, 0.05) is 11.6 Å². The van der Waals surface area contributed by atoms with Gasteiger partial charge in [-0.25, -0.2) is 0 Å². The fourth-order valence-corrected chi connectivity index (χ4v) is 2.90. The molecule has 1 aliphatic rings. The Morgan fingerprint density at radius 2 is 1.88 bits per heavy atom. The van der Waals surface area contributed by atoms with E-state index < -0.39 is 0 Å². The first-order valence-electron chi connectivity index (χ1n) is 6.34. The summed E-state index contributed by atoms with van der Waals surface area (Å²) in [6, 6.07) is 5.61. The van der Waals surface area contributed by atoms with E-state index in [9.17, 15) is 0 Å². The lowest BCUT2D eigenvalue weighted by molar-refractivity contribution is 0.300. The van der Waals surface area contributed by atoms with E-state index in [2.05, 4.69) is 12.2 Å². The summed E-state index contributed by atoms with van der Waals surface area (Å²) >= 11 is 12.0. The first-order valence-corrected chi connectivity index (χ1v) is 7.09.